The van der Waals surface area contributed by atoms with Crippen molar-refractivity contribution in [3.8, 4) is 0 Å². The molecule has 22 heavy (non-hydrogen) atoms. The molecule has 6 nitrogen and oxygen atoms in total. The molecule has 1 aliphatic rings. The number of nitrogens with one attached hydrogen (secondary N) is 1. The molecule has 0 aromatic rings. The van der Waals surface area contributed by atoms with Gasteiger partial charge in [0.25, 0.3) is 0 Å². The van der Waals surface area contributed by atoms with Gasteiger partial charge in [0.1, 0.15) is 6.54 Å². The number of hydrogen-bond donors (Lipinski definition) is 1. The minimum absolute atomic E-state index is 0. The largest absolute Gasteiger partial charge is 0.382 e. The predicted molar refractivity (Wildman–Crippen MR) is 101 cm³/mol. The van der Waals surface area contributed by atoms with E-state index in [0.29, 0.717) is 0 Å². The molecule has 0 saturated carbocycles. The monoisotopic (exact) mass is 426 g/mol. The van der Waals surface area contributed by atoms with Gasteiger partial charge >= 0.3 is 0 Å². The van der Waals surface area contributed by atoms with E-state index in [1.54, 1.807) is 19.0 Å². The average Bonchev–Trinajstić information content (AvgIpc) is 2.50. The number of ether oxygens (including phenoxy) is 1. The third-order valence-electron chi connectivity index (χ3n) is 3.47. The highest BCUT2D eigenvalue weighted by atomic mass is 127. The van der Waals surface area contributed by atoms with E-state index >= 15 is 0 Å². The van der Waals surface area contributed by atoms with Gasteiger partial charge < -0.3 is 19.9 Å². The Hall–Kier alpha value is -0.570. The van der Waals surface area contributed by atoms with Crippen LogP contribution in [-0.2, 0) is 9.53 Å². The summed E-state index contributed by atoms with van der Waals surface area (Å²) in [6.45, 7) is 6.59. The Bertz CT molecular complexity index is 332. The number of aliphatic imine (C=N–C) groups is 1. The van der Waals surface area contributed by atoms with Gasteiger partial charge in [-0.1, -0.05) is 0 Å². The second-order valence-electron chi connectivity index (χ2n) is 5.45. The van der Waals surface area contributed by atoms with Crippen molar-refractivity contribution in [1.82, 2.24) is 15.1 Å². The number of amides is 1. The molecule has 0 unspecified atom stereocenters. The van der Waals surface area contributed by atoms with Crippen molar-refractivity contribution in [2.24, 2.45) is 4.99 Å². The van der Waals surface area contributed by atoms with Crippen molar-refractivity contribution in [3.63, 3.8) is 0 Å². The van der Waals surface area contributed by atoms with Crippen LogP contribution < -0.4 is 5.32 Å². The average molecular weight is 426 g/mol. The summed E-state index contributed by atoms with van der Waals surface area (Å²) in [6.07, 6.45) is 4.62. The van der Waals surface area contributed by atoms with E-state index < -0.39 is 0 Å². The minimum atomic E-state index is 0. The number of likely N-dealkylation sites (tertiary alicyclic amines) is 1. The zero-order valence-corrected chi connectivity index (χ0v) is 16.5. The van der Waals surface area contributed by atoms with Gasteiger partial charge in [0.05, 0.1) is 0 Å². The van der Waals surface area contributed by atoms with Gasteiger partial charge in [-0.2, -0.15) is 0 Å². The normalized spacial score (nSPS) is 15.2. The molecule has 130 valence electrons. The fourth-order valence-corrected chi connectivity index (χ4v) is 2.18. The SMILES string of the molecule is CCOCCCNC(=NCC(=O)N(C)C)N1CCCCC1.I. The third-order valence-corrected chi connectivity index (χ3v) is 3.47. The van der Waals surface area contributed by atoms with Crippen molar-refractivity contribution in [2.75, 3.05) is 53.5 Å². The Balaban J connectivity index is 0.00000441. The van der Waals surface area contributed by atoms with Crippen molar-refractivity contribution < 1.29 is 9.53 Å². The maximum Gasteiger partial charge on any atom is 0.243 e. The van der Waals surface area contributed by atoms with E-state index in [1.165, 1.54) is 19.3 Å². The molecule has 1 heterocycles. The number of halogens is 1. The van der Waals surface area contributed by atoms with Crippen LogP contribution in [0.2, 0.25) is 0 Å². The Kier molecular flexibility index (Phi) is 12.6. The summed E-state index contributed by atoms with van der Waals surface area (Å²) in [4.78, 5) is 20.0. The van der Waals surface area contributed by atoms with Crippen LogP contribution in [0.4, 0.5) is 0 Å². The van der Waals surface area contributed by atoms with Crippen molar-refractivity contribution in [3.05, 3.63) is 0 Å². The van der Waals surface area contributed by atoms with Gasteiger partial charge in [-0.15, -0.1) is 24.0 Å². The van der Waals surface area contributed by atoms with Gasteiger partial charge in [0.15, 0.2) is 5.96 Å². The predicted octanol–water partition coefficient (Wildman–Crippen LogP) is 1.55. The second kappa shape index (κ2) is 12.9. The summed E-state index contributed by atoms with van der Waals surface area (Å²) in [7, 11) is 3.52. The summed E-state index contributed by atoms with van der Waals surface area (Å²) < 4.78 is 5.34. The number of carbonyl (C=O) groups excluding carboxylic acids is 1. The highest BCUT2D eigenvalue weighted by Crippen LogP contribution is 2.08. The van der Waals surface area contributed by atoms with Crippen molar-refractivity contribution >= 4 is 35.8 Å². The summed E-state index contributed by atoms with van der Waals surface area (Å²) in [5.41, 5.74) is 0. The maximum absolute atomic E-state index is 11.7. The first kappa shape index (κ1) is 21.4. The van der Waals surface area contributed by atoms with E-state index in [1.807, 2.05) is 6.92 Å². The molecule has 0 aliphatic carbocycles. The van der Waals surface area contributed by atoms with E-state index in [-0.39, 0.29) is 36.4 Å². The molecule has 1 fully saturated rings. The molecule has 1 aliphatic heterocycles. The lowest BCUT2D eigenvalue weighted by Gasteiger charge is -2.30. The Morgan fingerprint density at radius 2 is 1.95 bits per heavy atom. The standard InChI is InChI=1S/C15H30N4O2.HI/c1-4-21-12-8-9-16-15(17-13-14(20)18(2)3)19-10-6-5-7-11-19;/h4-13H2,1-3H3,(H,16,17);1H. The molecule has 0 radical (unpaired) electrons. The zero-order valence-electron chi connectivity index (χ0n) is 14.1. The van der Waals surface area contributed by atoms with Crippen molar-refractivity contribution in [2.45, 2.75) is 32.6 Å². The molecular weight excluding hydrogens is 395 g/mol. The highest BCUT2D eigenvalue weighted by Gasteiger charge is 2.15. The number of likely N-dealkylation sites (N-methyl/N-ethyl adjacent to an activating group) is 1. The minimum Gasteiger partial charge on any atom is -0.382 e. The van der Waals surface area contributed by atoms with Crippen molar-refractivity contribution in [1.29, 1.82) is 0 Å². The Morgan fingerprint density at radius 1 is 1.27 bits per heavy atom. The summed E-state index contributed by atoms with van der Waals surface area (Å²) in [5, 5.41) is 3.37. The fourth-order valence-electron chi connectivity index (χ4n) is 2.18. The fraction of sp³-hybridized carbons (Fsp3) is 0.867. The molecule has 0 atom stereocenters. The molecular formula is C15H31IN4O2. The van der Waals surface area contributed by atoms with Gasteiger partial charge in [-0.05, 0) is 32.6 Å². The lowest BCUT2D eigenvalue weighted by molar-refractivity contribution is -0.127. The van der Waals surface area contributed by atoms with E-state index in [9.17, 15) is 4.79 Å². The van der Waals surface area contributed by atoms with Gasteiger partial charge in [0, 0.05) is 46.9 Å². The molecule has 0 aromatic heterocycles. The van der Waals surface area contributed by atoms with Crippen LogP contribution in [0.15, 0.2) is 4.99 Å². The van der Waals surface area contributed by atoms with E-state index in [2.05, 4.69) is 15.2 Å². The highest BCUT2D eigenvalue weighted by molar-refractivity contribution is 14.0. The molecule has 0 aromatic carbocycles. The summed E-state index contributed by atoms with van der Waals surface area (Å²) >= 11 is 0. The van der Waals surface area contributed by atoms with E-state index in [0.717, 1.165) is 45.2 Å². The molecule has 0 bridgehead atoms. The number of nitrogens with zero attached hydrogens (tertiary/aromatic N) is 3. The Labute approximate surface area is 151 Å². The smallest absolute Gasteiger partial charge is 0.243 e. The lowest BCUT2D eigenvalue weighted by Crippen LogP contribution is -2.45. The third kappa shape index (κ3) is 8.77. The molecule has 7 heteroatoms. The number of rotatable bonds is 7. The van der Waals surface area contributed by atoms with Crippen LogP contribution in [0.1, 0.15) is 32.6 Å². The van der Waals surface area contributed by atoms with Crippen LogP contribution in [0.5, 0.6) is 0 Å². The number of hydrogen-bond acceptors (Lipinski definition) is 3. The number of piperidine rings is 1. The molecule has 1 amide bonds. The second-order valence-corrected chi connectivity index (χ2v) is 5.45. The molecule has 1 N–H and O–H groups in total. The van der Waals surface area contributed by atoms with Crippen LogP contribution in [0.3, 0.4) is 0 Å². The van der Waals surface area contributed by atoms with Crippen LogP contribution in [0.25, 0.3) is 0 Å². The first-order chi connectivity index (χ1) is 10.1. The summed E-state index contributed by atoms with van der Waals surface area (Å²) in [5.74, 6) is 0.891. The lowest BCUT2D eigenvalue weighted by atomic mass is 10.1. The zero-order chi connectivity index (χ0) is 15.5. The number of guanidine groups is 1. The van der Waals surface area contributed by atoms with Crippen LogP contribution in [-0.4, -0.2) is 75.2 Å². The molecule has 1 saturated heterocycles. The molecule has 0 spiro atoms. The first-order valence-electron chi connectivity index (χ1n) is 7.96. The topological polar surface area (TPSA) is 57.2 Å². The molecule has 1 rings (SSSR count). The van der Waals surface area contributed by atoms with Crippen LogP contribution in [0, 0.1) is 0 Å². The summed E-state index contributed by atoms with van der Waals surface area (Å²) in [6, 6.07) is 0. The first-order valence-corrected chi connectivity index (χ1v) is 7.96. The van der Waals surface area contributed by atoms with Crippen LogP contribution >= 0.6 is 24.0 Å². The van der Waals surface area contributed by atoms with Gasteiger partial charge in [-0.3, -0.25) is 4.79 Å². The van der Waals surface area contributed by atoms with E-state index in [4.69, 9.17) is 4.74 Å². The Morgan fingerprint density at radius 3 is 2.55 bits per heavy atom. The van der Waals surface area contributed by atoms with Gasteiger partial charge in [0.2, 0.25) is 5.91 Å². The number of carbonyl (C=O) groups is 1. The quantitative estimate of drug-likeness (QED) is 0.291. The maximum atomic E-state index is 11.7. The van der Waals surface area contributed by atoms with Gasteiger partial charge in [-0.25, -0.2) is 4.99 Å².